The molecule has 1 aliphatic heterocycles. The normalized spacial score (nSPS) is 15.9. The number of carbonyl (C=O) groups excluding carboxylic acids is 1. The molecule has 4 nitrogen and oxygen atoms in total. The fourth-order valence-corrected chi connectivity index (χ4v) is 2.90. The highest BCUT2D eigenvalue weighted by atomic mass is 35.5. The first kappa shape index (κ1) is 16.8. The summed E-state index contributed by atoms with van der Waals surface area (Å²) >= 11 is 0. The molecule has 0 unspecified atom stereocenters. The smallest absolute Gasteiger partial charge is 0.227 e. The lowest BCUT2D eigenvalue weighted by Gasteiger charge is -2.30. The minimum absolute atomic E-state index is 0. The van der Waals surface area contributed by atoms with Crippen molar-refractivity contribution in [3.05, 3.63) is 35.1 Å². The molecule has 2 aromatic rings. The van der Waals surface area contributed by atoms with Crippen molar-refractivity contribution >= 4 is 29.3 Å². The van der Waals surface area contributed by atoms with Crippen molar-refractivity contribution in [3.8, 4) is 0 Å². The fourth-order valence-electron chi connectivity index (χ4n) is 2.90. The Hall–Kier alpha value is -1.52. The standard InChI is InChI=1S/C17H22N2O2.ClH/c1-11-7-15-13(10-21-16(15)8-12(11)2)9-17(20)19-5-3-14(18)4-6-19;/h7-8,10,14H,3-6,9,18H2,1-2H3;1H. The number of halogens is 1. The number of hydrogen-bond acceptors (Lipinski definition) is 3. The van der Waals surface area contributed by atoms with E-state index in [0.717, 1.165) is 42.5 Å². The van der Waals surface area contributed by atoms with Crippen molar-refractivity contribution in [2.24, 2.45) is 5.73 Å². The highest BCUT2D eigenvalue weighted by molar-refractivity contribution is 5.88. The monoisotopic (exact) mass is 322 g/mol. The summed E-state index contributed by atoms with van der Waals surface area (Å²) in [5.41, 5.74) is 10.2. The van der Waals surface area contributed by atoms with Gasteiger partial charge in [0.1, 0.15) is 5.58 Å². The molecule has 1 aromatic heterocycles. The molecular formula is C17H23ClN2O2. The maximum absolute atomic E-state index is 12.4. The number of aryl methyl sites for hydroxylation is 2. The van der Waals surface area contributed by atoms with Crippen LogP contribution in [0.5, 0.6) is 0 Å². The first-order chi connectivity index (χ1) is 10.0. The predicted octanol–water partition coefficient (Wildman–Crippen LogP) is 2.96. The number of furan rings is 1. The second-order valence-corrected chi connectivity index (χ2v) is 6.09. The topological polar surface area (TPSA) is 59.5 Å². The van der Waals surface area contributed by atoms with E-state index < -0.39 is 0 Å². The number of piperidine rings is 1. The van der Waals surface area contributed by atoms with Crippen LogP contribution in [0, 0.1) is 13.8 Å². The molecule has 120 valence electrons. The molecule has 2 N–H and O–H groups in total. The fraction of sp³-hybridized carbons (Fsp3) is 0.471. The third kappa shape index (κ3) is 3.28. The highest BCUT2D eigenvalue weighted by Gasteiger charge is 2.21. The molecule has 1 fully saturated rings. The lowest BCUT2D eigenvalue weighted by atomic mass is 10.0. The molecule has 0 radical (unpaired) electrons. The van der Waals surface area contributed by atoms with Crippen LogP contribution in [0.1, 0.15) is 29.5 Å². The van der Waals surface area contributed by atoms with Gasteiger partial charge in [-0.1, -0.05) is 0 Å². The van der Waals surface area contributed by atoms with Crippen molar-refractivity contribution in [2.45, 2.75) is 39.2 Å². The number of nitrogens with two attached hydrogens (primary N) is 1. The van der Waals surface area contributed by atoms with Crippen LogP contribution in [-0.2, 0) is 11.2 Å². The summed E-state index contributed by atoms with van der Waals surface area (Å²) in [6.45, 7) is 5.69. The molecule has 3 rings (SSSR count). The van der Waals surface area contributed by atoms with Crippen molar-refractivity contribution < 1.29 is 9.21 Å². The van der Waals surface area contributed by atoms with E-state index in [1.54, 1.807) is 6.26 Å². The zero-order valence-corrected chi connectivity index (χ0v) is 13.9. The third-order valence-electron chi connectivity index (χ3n) is 4.50. The van der Waals surface area contributed by atoms with Crippen LogP contribution in [-0.4, -0.2) is 29.9 Å². The Morgan fingerprint density at radius 3 is 2.59 bits per heavy atom. The van der Waals surface area contributed by atoms with Crippen molar-refractivity contribution in [1.82, 2.24) is 4.90 Å². The van der Waals surface area contributed by atoms with Crippen LogP contribution in [0.15, 0.2) is 22.8 Å². The number of fused-ring (bicyclic) bond motifs is 1. The van der Waals surface area contributed by atoms with E-state index in [4.69, 9.17) is 10.2 Å². The van der Waals surface area contributed by atoms with Gasteiger partial charge in [-0.15, -0.1) is 12.4 Å². The zero-order chi connectivity index (χ0) is 15.0. The summed E-state index contributed by atoms with van der Waals surface area (Å²) in [5, 5.41) is 1.06. The number of carbonyl (C=O) groups is 1. The summed E-state index contributed by atoms with van der Waals surface area (Å²) in [5.74, 6) is 0.169. The van der Waals surface area contributed by atoms with Crippen LogP contribution in [0.25, 0.3) is 11.0 Å². The van der Waals surface area contributed by atoms with E-state index in [9.17, 15) is 4.79 Å². The van der Waals surface area contributed by atoms with E-state index in [1.165, 1.54) is 11.1 Å². The summed E-state index contributed by atoms with van der Waals surface area (Å²) in [4.78, 5) is 14.3. The molecule has 1 aliphatic rings. The highest BCUT2D eigenvalue weighted by Crippen LogP contribution is 2.25. The summed E-state index contributed by atoms with van der Waals surface area (Å²) in [7, 11) is 0. The van der Waals surface area contributed by atoms with Crippen LogP contribution in [0.3, 0.4) is 0 Å². The molecular weight excluding hydrogens is 300 g/mol. The van der Waals surface area contributed by atoms with Crippen molar-refractivity contribution in [2.75, 3.05) is 13.1 Å². The van der Waals surface area contributed by atoms with Gasteiger partial charge in [0, 0.05) is 30.1 Å². The molecule has 0 saturated carbocycles. The van der Waals surface area contributed by atoms with Gasteiger partial charge in [-0.05, 0) is 49.9 Å². The number of nitrogens with zero attached hydrogens (tertiary/aromatic N) is 1. The van der Waals surface area contributed by atoms with Gasteiger partial charge >= 0.3 is 0 Å². The van der Waals surface area contributed by atoms with Gasteiger partial charge in [-0.2, -0.15) is 0 Å². The second-order valence-electron chi connectivity index (χ2n) is 6.09. The number of benzene rings is 1. The molecule has 1 saturated heterocycles. The van der Waals surface area contributed by atoms with E-state index in [-0.39, 0.29) is 24.4 Å². The summed E-state index contributed by atoms with van der Waals surface area (Å²) < 4.78 is 5.60. The van der Waals surface area contributed by atoms with E-state index in [1.807, 2.05) is 11.0 Å². The number of hydrogen-bond donors (Lipinski definition) is 1. The van der Waals surface area contributed by atoms with Gasteiger partial charge in [-0.25, -0.2) is 0 Å². The van der Waals surface area contributed by atoms with E-state index in [0.29, 0.717) is 6.42 Å². The largest absolute Gasteiger partial charge is 0.464 e. The maximum Gasteiger partial charge on any atom is 0.227 e. The van der Waals surface area contributed by atoms with Gasteiger partial charge in [0.25, 0.3) is 0 Å². The number of rotatable bonds is 2. The van der Waals surface area contributed by atoms with E-state index in [2.05, 4.69) is 19.9 Å². The Morgan fingerprint density at radius 1 is 1.27 bits per heavy atom. The Labute approximate surface area is 137 Å². The van der Waals surface area contributed by atoms with Gasteiger partial charge in [0.05, 0.1) is 12.7 Å². The Morgan fingerprint density at radius 2 is 1.91 bits per heavy atom. The van der Waals surface area contributed by atoms with E-state index >= 15 is 0 Å². The molecule has 22 heavy (non-hydrogen) atoms. The first-order valence-electron chi connectivity index (χ1n) is 7.55. The van der Waals surface area contributed by atoms with Crippen LogP contribution in [0.4, 0.5) is 0 Å². The van der Waals surface area contributed by atoms with Gasteiger partial charge in [-0.3, -0.25) is 4.79 Å². The van der Waals surface area contributed by atoms with Crippen molar-refractivity contribution in [3.63, 3.8) is 0 Å². The average molecular weight is 323 g/mol. The average Bonchev–Trinajstić information content (AvgIpc) is 2.82. The van der Waals surface area contributed by atoms with Crippen molar-refractivity contribution in [1.29, 1.82) is 0 Å². The Bertz CT molecular complexity index is 673. The maximum atomic E-state index is 12.4. The number of amides is 1. The quantitative estimate of drug-likeness (QED) is 0.924. The predicted molar refractivity (Wildman–Crippen MR) is 90.4 cm³/mol. The molecule has 0 aliphatic carbocycles. The Kier molecular flexibility index (Phi) is 5.14. The molecule has 0 spiro atoms. The summed E-state index contributed by atoms with van der Waals surface area (Å²) in [6.07, 6.45) is 3.92. The van der Waals surface area contributed by atoms with Crippen LogP contribution >= 0.6 is 12.4 Å². The minimum Gasteiger partial charge on any atom is -0.464 e. The molecule has 5 heteroatoms. The molecule has 0 bridgehead atoms. The lowest BCUT2D eigenvalue weighted by molar-refractivity contribution is -0.131. The number of likely N-dealkylation sites (tertiary alicyclic amines) is 1. The van der Waals surface area contributed by atoms with Crippen LogP contribution in [0.2, 0.25) is 0 Å². The Balaban J connectivity index is 0.00000176. The molecule has 2 heterocycles. The zero-order valence-electron chi connectivity index (χ0n) is 13.1. The molecule has 0 atom stereocenters. The minimum atomic E-state index is 0. The SMILES string of the molecule is Cc1cc2occ(CC(=O)N3CCC(N)CC3)c2cc1C.Cl. The lowest BCUT2D eigenvalue weighted by Crippen LogP contribution is -2.43. The van der Waals surface area contributed by atoms with Gasteiger partial charge in [0.15, 0.2) is 0 Å². The summed E-state index contributed by atoms with van der Waals surface area (Å²) in [6, 6.07) is 4.40. The first-order valence-corrected chi connectivity index (χ1v) is 7.55. The van der Waals surface area contributed by atoms with Gasteiger partial charge < -0.3 is 15.1 Å². The van der Waals surface area contributed by atoms with Gasteiger partial charge in [0.2, 0.25) is 5.91 Å². The molecule has 1 aromatic carbocycles. The third-order valence-corrected chi connectivity index (χ3v) is 4.50. The van der Waals surface area contributed by atoms with Crippen LogP contribution < -0.4 is 5.73 Å². The molecule has 1 amide bonds. The second kappa shape index (κ2) is 6.71.